The summed E-state index contributed by atoms with van der Waals surface area (Å²) in [5.41, 5.74) is 0.123. The molecule has 9 nitrogen and oxygen atoms in total. The number of hydrogen-bond donors (Lipinski definition) is 3. The van der Waals surface area contributed by atoms with Gasteiger partial charge in [-0.25, -0.2) is 4.79 Å². The lowest BCUT2D eigenvalue weighted by Crippen LogP contribution is -2.41. The highest BCUT2D eigenvalue weighted by atomic mass is 35.5. The van der Waals surface area contributed by atoms with Gasteiger partial charge in [-0.2, -0.15) is 0 Å². The molecule has 0 saturated carbocycles. The van der Waals surface area contributed by atoms with Crippen LogP contribution in [0.5, 0.6) is 23.0 Å². The van der Waals surface area contributed by atoms with Crippen LogP contribution in [0.3, 0.4) is 0 Å². The number of hydrogen-bond acceptors (Lipinski definition) is 6. The number of halogens is 1. The molecule has 0 fully saturated rings. The molecular weight excluding hydrogens is 340 g/mol. The Kier molecular flexibility index (Phi) is 6.78. The first-order chi connectivity index (χ1) is 11.3. The molecule has 0 heterocycles. The van der Waals surface area contributed by atoms with Crippen molar-refractivity contribution in [1.82, 2.24) is 10.2 Å². The van der Waals surface area contributed by atoms with Crippen LogP contribution < -0.4 is 29.6 Å². The maximum Gasteiger partial charge on any atom is 0.326 e. The predicted octanol–water partition coefficient (Wildman–Crippen LogP) is 1.99. The SMILES string of the molecule is COc1c(Cl)c(NC(=O)NC(=N)N(C)C)c(OC)c(OC)c1OC. The number of carbonyl (C=O) groups excluding carboxylic acids is 1. The summed E-state index contributed by atoms with van der Waals surface area (Å²) in [6.45, 7) is 0. The molecule has 3 N–H and O–H groups in total. The molecule has 1 aromatic carbocycles. The summed E-state index contributed by atoms with van der Waals surface area (Å²) in [5.74, 6) is 0.671. The fourth-order valence-electron chi connectivity index (χ4n) is 1.86. The quantitative estimate of drug-likeness (QED) is 0.548. The molecule has 0 spiro atoms. The Hall–Kier alpha value is -2.55. The van der Waals surface area contributed by atoms with Gasteiger partial charge in [0.05, 0.1) is 28.4 Å². The third-order valence-electron chi connectivity index (χ3n) is 3.00. The topological polar surface area (TPSA) is 105 Å². The average molecular weight is 361 g/mol. The van der Waals surface area contributed by atoms with Gasteiger partial charge in [0.15, 0.2) is 17.5 Å². The molecule has 24 heavy (non-hydrogen) atoms. The van der Waals surface area contributed by atoms with E-state index in [-0.39, 0.29) is 39.7 Å². The van der Waals surface area contributed by atoms with Crippen LogP contribution in [0.4, 0.5) is 10.5 Å². The summed E-state index contributed by atoms with van der Waals surface area (Å²) in [6, 6.07) is -0.678. The zero-order chi connectivity index (χ0) is 18.4. The van der Waals surface area contributed by atoms with E-state index >= 15 is 0 Å². The van der Waals surface area contributed by atoms with E-state index in [9.17, 15) is 4.79 Å². The molecule has 0 saturated heterocycles. The maximum atomic E-state index is 12.1. The van der Waals surface area contributed by atoms with Gasteiger partial charge in [-0.1, -0.05) is 11.6 Å². The number of rotatable bonds is 5. The third-order valence-corrected chi connectivity index (χ3v) is 3.36. The fraction of sp³-hybridized carbons (Fsp3) is 0.429. The molecule has 1 aromatic rings. The first-order valence-corrected chi connectivity index (χ1v) is 7.09. The lowest BCUT2D eigenvalue weighted by atomic mass is 10.2. The molecule has 0 radical (unpaired) electrons. The summed E-state index contributed by atoms with van der Waals surface area (Å²) in [6.07, 6.45) is 0. The van der Waals surface area contributed by atoms with Gasteiger partial charge in [-0.3, -0.25) is 10.7 Å². The molecule has 134 valence electrons. The Morgan fingerprint density at radius 2 is 1.42 bits per heavy atom. The zero-order valence-electron chi connectivity index (χ0n) is 14.4. The first-order valence-electron chi connectivity index (χ1n) is 6.71. The van der Waals surface area contributed by atoms with Crippen LogP contribution in [0, 0.1) is 5.41 Å². The van der Waals surface area contributed by atoms with Gasteiger partial charge in [0.2, 0.25) is 11.5 Å². The molecule has 2 amide bonds. The normalized spacial score (nSPS) is 9.79. The average Bonchev–Trinajstić information content (AvgIpc) is 2.55. The molecule has 0 aliphatic heterocycles. The van der Waals surface area contributed by atoms with Gasteiger partial charge in [0.25, 0.3) is 0 Å². The Labute approximate surface area is 145 Å². The second kappa shape index (κ2) is 8.34. The van der Waals surface area contributed by atoms with Crippen molar-refractivity contribution >= 4 is 29.3 Å². The van der Waals surface area contributed by atoms with Crippen molar-refractivity contribution in [2.75, 3.05) is 47.9 Å². The minimum atomic E-state index is -0.678. The van der Waals surface area contributed by atoms with Crippen molar-refractivity contribution in [3.8, 4) is 23.0 Å². The van der Waals surface area contributed by atoms with Crippen LogP contribution in [0.25, 0.3) is 0 Å². The van der Waals surface area contributed by atoms with Crippen LogP contribution in [0.1, 0.15) is 0 Å². The second-order valence-electron chi connectivity index (χ2n) is 4.64. The van der Waals surface area contributed by atoms with Gasteiger partial charge in [-0.15, -0.1) is 0 Å². The molecule has 0 bridgehead atoms. The Bertz CT molecular complexity index is 636. The Morgan fingerprint density at radius 3 is 1.83 bits per heavy atom. The highest BCUT2D eigenvalue weighted by molar-refractivity contribution is 6.36. The van der Waals surface area contributed by atoms with Crippen molar-refractivity contribution < 1.29 is 23.7 Å². The van der Waals surface area contributed by atoms with Gasteiger partial charge >= 0.3 is 6.03 Å². The minimum absolute atomic E-state index is 0.0681. The van der Waals surface area contributed by atoms with E-state index in [1.807, 2.05) is 0 Å². The number of carbonyl (C=O) groups is 1. The molecule has 1 rings (SSSR count). The molecule has 10 heteroatoms. The largest absolute Gasteiger partial charge is 0.491 e. The van der Waals surface area contributed by atoms with Gasteiger partial charge < -0.3 is 29.2 Å². The van der Waals surface area contributed by atoms with Crippen LogP contribution >= 0.6 is 11.6 Å². The van der Waals surface area contributed by atoms with Crippen LogP contribution in [-0.2, 0) is 0 Å². The number of nitrogens with one attached hydrogen (secondary N) is 3. The number of urea groups is 1. The molecule has 0 unspecified atom stereocenters. The van der Waals surface area contributed by atoms with E-state index in [4.69, 9.17) is 36.0 Å². The van der Waals surface area contributed by atoms with Crippen LogP contribution in [-0.4, -0.2) is 59.4 Å². The lowest BCUT2D eigenvalue weighted by molar-refractivity contribution is 0.255. The van der Waals surface area contributed by atoms with Crippen LogP contribution in [0.15, 0.2) is 0 Å². The second-order valence-corrected chi connectivity index (χ2v) is 5.02. The molecule has 0 aromatic heterocycles. The first kappa shape index (κ1) is 19.5. The number of nitrogens with zero attached hydrogens (tertiary/aromatic N) is 1. The number of benzene rings is 1. The standard InChI is InChI=1S/C14H21ClN4O5/c1-19(2)13(16)18-14(20)17-8-7(15)9(21-3)11(23-5)12(24-6)10(8)22-4/h1-6H3,(H3,16,17,18,20). The fourth-order valence-corrected chi connectivity index (χ4v) is 2.15. The number of methoxy groups -OCH3 is 4. The smallest absolute Gasteiger partial charge is 0.326 e. The Balaban J connectivity index is 3.36. The number of amides is 2. The van der Waals surface area contributed by atoms with Crippen molar-refractivity contribution in [2.24, 2.45) is 0 Å². The summed E-state index contributed by atoms with van der Waals surface area (Å²) >= 11 is 6.30. The van der Waals surface area contributed by atoms with E-state index in [0.717, 1.165) is 0 Å². The lowest BCUT2D eigenvalue weighted by Gasteiger charge is -2.21. The zero-order valence-corrected chi connectivity index (χ0v) is 15.1. The van der Waals surface area contributed by atoms with Crippen molar-refractivity contribution in [3.05, 3.63) is 5.02 Å². The summed E-state index contributed by atoms with van der Waals surface area (Å²) in [5, 5.41) is 12.6. The minimum Gasteiger partial charge on any atom is -0.491 e. The van der Waals surface area contributed by atoms with Crippen molar-refractivity contribution in [2.45, 2.75) is 0 Å². The van der Waals surface area contributed by atoms with E-state index in [1.54, 1.807) is 14.1 Å². The summed E-state index contributed by atoms with van der Waals surface area (Å²) in [7, 11) is 8.88. The monoisotopic (exact) mass is 360 g/mol. The van der Waals surface area contributed by atoms with Crippen molar-refractivity contribution in [3.63, 3.8) is 0 Å². The van der Waals surface area contributed by atoms with Gasteiger partial charge in [-0.05, 0) is 0 Å². The third kappa shape index (κ3) is 3.85. The molecule has 0 atom stereocenters. The van der Waals surface area contributed by atoms with Crippen molar-refractivity contribution in [1.29, 1.82) is 5.41 Å². The van der Waals surface area contributed by atoms with E-state index in [1.165, 1.54) is 33.3 Å². The van der Waals surface area contributed by atoms with Crippen LogP contribution in [0.2, 0.25) is 5.02 Å². The predicted molar refractivity (Wildman–Crippen MR) is 91.2 cm³/mol. The highest BCUT2D eigenvalue weighted by Crippen LogP contribution is 2.54. The maximum absolute atomic E-state index is 12.1. The van der Waals surface area contributed by atoms with E-state index < -0.39 is 6.03 Å². The van der Waals surface area contributed by atoms with E-state index in [0.29, 0.717) is 0 Å². The molecular formula is C14H21ClN4O5. The number of anilines is 1. The number of ether oxygens (including phenoxy) is 4. The Morgan fingerprint density at radius 1 is 0.958 bits per heavy atom. The van der Waals surface area contributed by atoms with Gasteiger partial charge in [0.1, 0.15) is 10.7 Å². The molecule has 0 aliphatic rings. The van der Waals surface area contributed by atoms with Gasteiger partial charge in [0, 0.05) is 14.1 Å². The number of guanidine groups is 1. The summed E-state index contributed by atoms with van der Waals surface area (Å²) in [4.78, 5) is 13.5. The highest BCUT2D eigenvalue weighted by Gasteiger charge is 2.28. The molecule has 0 aliphatic carbocycles. The van der Waals surface area contributed by atoms with E-state index in [2.05, 4.69) is 10.6 Å². The summed E-state index contributed by atoms with van der Waals surface area (Å²) < 4.78 is 21.1.